The van der Waals surface area contributed by atoms with Gasteiger partial charge in [-0.15, -0.1) is 0 Å². The van der Waals surface area contributed by atoms with Gasteiger partial charge < -0.3 is 10.1 Å². The molecule has 0 radical (unpaired) electrons. The summed E-state index contributed by atoms with van der Waals surface area (Å²) in [5.41, 5.74) is 1.03. The van der Waals surface area contributed by atoms with Crippen molar-refractivity contribution in [2.24, 2.45) is 5.92 Å². The number of para-hydroxylation sites is 1. The lowest BCUT2D eigenvalue weighted by Gasteiger charge is -2.22. The van der Waals surface area contributed by atoms with E-state index in [1.807, 2.05) is 30.3 Å². The van der Waals surface area contributed by atoms with Crippen LogP contribution in [0.25, 0.3) is 0 Å². The Morgan fingerprint density at radius 3 is 2.44 bits per heavy atom. The summed E-state index contributed by atoms with van der Waals surface area (Å²) in [6.45, 7) is 4.17. The lowest BCUT2D eigenvalue weighted by atomic mass is 10.0. The zero-order chi connectivity index (χ0) is 12.0. The van der Waals surface area contributed by atoms with Gasteiger partial charge in [0.25, 0.3) is 0 Å². The molecule has 0 amide bonds. The third kappa shape index (κ3) is 3.93. The number of esters is 1. The molecular formula is C13H19NO2. The molecule has 0 aromatic heterocycles. The van der Waals surface area contributed by atoms with Gasteiger partial charge >= 0.3 is 5.97 Å². The molecular weight excluding hydrogens is 202 g/mol. The van der Waals surface area contributed by atoms with Gasteiger partial charge in [-0.25, -0.2) is 0 Å². The molecule has 0 unspecified atom stereocenters. The van der Waals surface area contributed by atoms with Gasteiger partial charge in [0, 0.05) is 11.7 Å². The number of ether oxygens (including phenoxy) is 1. The summed E-state index contributed by atoms with van der Waals surface area (Å²) in [6, 6.07) is 10.0. The van der Waals surface area contributed by atoms with E-state index in [1.165, 1.54) is 7.11 Å². The zero-order valence-electron chi connectivity index (χ0n) is 10.1. The Morgan fingerprint density at radius 1 is 1.31 bits per heavy atom. The van der Waals surface area contributed by atoms with E-state index in [2.05, 4.69) is 23.9 Å². The van der Waals surface area contributed by atoms with E-state index in [-0.39, 0.29) is 12.0 Å². The molecule has 0 aliphatic carbocycles. The second-order valence-corrected chi connectivity index (χ2v) is 4.14. The van der Waals surface area contributed by atoms with Crippen molar-refractivity contribution < 1.29 is 9.53 Å². The maximum absolute atomic E-state index is 11.3. The largest absolute Gasteiger partial charge is 0.469 e. The molecule has 0 bridgehead atoms. The average molecular weight is 221 g/mol. The monoisotopic (exact) mass is 221 g/mol. The van der Waals surface area contributed by atoms with Crippen LogP contribution >= 0.6 is 0 Å². The average Bonchev–Trinajstić information content (AvgIpc) is 2.29. The SMILES string of the molecule is COC(=O)C[C@@H](Nc1ccccc1)C(C)C. The van der Waals surface area contributed by atoms with Crippen LogP contribution in [0.1, 0.15) is 20.3 Å². The van der Waals surface area contributed by atoms with Gasteiger partial charge in [-0.2, -0.15) is 0 Å². The normalized spacial score (nSPS) is 12.2. The summed E-state index contributed by atoms with van der Waals surface area (Å²) in [7, 11) is 1.42. The van der Waals surface area contributed by atoms with Crippen molar-refractivity contribution >= 4 is 11.7 Å². The second kappa shape index (κ2) is 6.16. The van der Waals surface area contributed by atoms with E-state index in [9.17, 15) is 4.79 Å². The molecule has 0 heterocycles. The quantitative estimate of drug-likeness (QED) is 0.777. The number of rotatable bonds is 5. The van der Waals surface area contributed by atoms with E-state index >= 15 is 0 Å². The van der Waals surface area contributed by atoms with Gasteiger partial charge in [0.15, 0.2) is 0 Å². The van der Waals surface area contributed by atoms with Crippen LogP contribution in [-0.2, 0) is 9.53 Å². The van der Waals surface area contributed by atoms with Crippen LogP contribution in [0.4, 0.5) is 5.69 Å². The van der Waals surface area contributed by atoms with Crippen molar-refractivity contribution in [2.45, 2.75) is 26.3 Å². The molecule has 0 aliphatic heterocycles. The van der Waals surface area contributed by atoms with Crippen LogP contribution in [0.2, 0.25) is 0 Å². The molecule has 1 aromatic carbocycles. The summed E-state index contributed by atoms with van der Waals surface area (Å²) in [5, 5.41) is 3.34. The first-order chi connectivity index (χ1) is 7.63. The number of anilines is 1. The van der Waals surface area contributed by atoms with Crippen molar-refractivity contribution in [3.05, 3.63) is 30.3 Å². The molecule has 0 aliphatic rings. The lowest BCUT2D eigenvalue weighted by Crippen LogP contribution is -2.29. The fraction of sp³-hybridized carbons (Fsp3) is 0.462. The lowest BCUT2D eigenvalue weighted by molar-refractivity contribution is -0.141. The first-order valence-electron chi connectivity index (χ1n) is 5.52. The van der Waals surface area contributed by atoms with Gasteiger partial charge in [0.1, 0.15) is 0 Å². The molecule has 1 aromatic rings. The standard InChI is InChI=1S/C13H19NO2/c1-10(2)12(9-13(15)16-3)14-11-7-5-4-6-8-11/h4-8,10,12,14H,9H2,1-3H3/t12-/m1/s1. The third-order valence-electron chi connectivity index (χ3n) is 2.54. The third-order valence-corrected chi connectivity index (χ3v) is 2.54. The van der Waals surface area contributed by atoms with Crippen molar-refractivity contribution in [3.63, 3.8) is 0 Å². The number of carbonyl (C=O) groups excluding carboxylic acids is 1. The molecule has 16 heavy (non-hydrogen) atoms. The minimum Gasteiger partial charge on any atom is -0.469 e. The molecule has 1 atom stereocenters. The van der Waals surface area contributed by atoms with Gasteiger partial charge in [0.05, 0.1) is 13.5 Å². The fourth-order valence-corrected chi connectivity index (χ4v) is 1.46. The van der Waals surface area contributed by atoms with Crippen molar-refractivity contribution in [1.29, 1.82) is 0 Å². The highest BCUT2D eigenvalue weighted by Gasteiger charge is 2.17. The number of benzene rings is 1. The summed E-state index contributed by atoms with van der Waals surface area (Å²) in [6.07, 6.45) is 0.392. The fourth-order valence-electron chi connectivity index (χ4n) is 1.46. The van der Waals surface area contributed by atoms with E-state index in [0.29, 0.717) is 12.3 Å². The van der Waals surface area contributed by atoms with Crippen LogP contribution in [0.15, 0.2) is 30.3 Å². The molecule has 0 saturated carbocycles. The summed E-state index contributed by atoms with van der Waals surface area (Å²) >= 11 is 0. The zero-order valence-corrected chi connectivity index (χ0v) is 10.1. The highest BCUT2D eigenvalue weighted by Crippen LogP contribution is 2.15. The molecule has 0 spiro atoms. The van der Waals surface area contributed by atoms with E-state index in [4.69, 9.17) is 0 Å². The Kier molecular flexibility index (Phi) is 4.83. The van der Waals surface area contributed by atoms with Crippen LogP contribution < -0.4 is 5.32 Å². The molecule has 1 N–H and O–H groups in total. The van der Waals surface area contributed by atoms with Crippen molar-refractivity contribution in [2.75, 3.05) is 12.4 Å². The number of methoxy groups -OCH3 is 1. The van der Waals surface area contributed by atoms with Crippen LogP contribution in [0, 0.1) is 5.92 Å². The van der Waals surface area contributed by atoms with Gasteiger partial charge in [-0.1, -0.05) is 32.0 Å². The second-order valence-electron chi connectivity index (χ2n) is 4.14. The Morgan fingerprint density at radius 2 is 1.94 bits per heavy atom. The Bertz CT molecular complexity index is 322. The molecule has 3 nitrogen and oxygen atoms in total. The van der Waals surface area contributed by atoms with Gasteiger partial charge in [-0.3, -0.25) is 4.79 Å². The Hall–Kier alpha value is -1.51. The highest BCUT2D eigenvalue weighted by molar-refractivity contribution is 5.70. The van der Waals surface area contributed by atoms with Crippen molar-refractivity contribution in [1.82, 2.24) is 0 Å². The van der Waals surface area contributed by atoms with Crippen LogP contribution in [0.3, 0.4) is 0 Å². The van der Waals surface area contributed by atoms with E-state index in [1.54, 1.807) is 0 Å². The molecule has 0 fully saturated rings. The van der Waals surface area contributed by atoms with E-state index < -0.39 is 0 Å². The first-order valence-corrected chi connectivity index (χ1v) is 5.52. The highest BCUT2D eigenvalue weighted by atomic mass is 16.5. The smallest absolute Gasteiger partial charge is 0.307 e. The number of nitrogens with one attached hydrogen (secondary N) is 1. The Labute approximate surface area is 96.8 Å². The van der Waals surface area contributed by atoms with Crippen LogP contribution in [0.5, 0.6) is 0 Å². The summed E-state index contributed by atoms with van der Waals surface area (Å²) in [4.78, 5) is 11.3. The van der Waals surface area contributed by atoms with Crippen molar-refractivity contribution in [3.8, 4) is 0 Å². The number of carbonyl (C=O) groups is 1. The first kappa shape index (κ1) is 12.6. The minimum atomic E-state index is -0.179. The van der Waals surface area contributed by atoms with Gasteiger partial charge in [-0.05, 0) is 18.1 Å². The predicted molar refractivity (Wildman–Crippen MR) is 65.3 cm³/mol. The molecule has 0 saturated heterocycles. The maximum Gasteiger partial charge on any atom is 0.307 e. The predicted octanol–water partition coefficient (Wildman–Crippen LogP) is 2.69. The summed E-state index contributed by atoms with van der Waals surface area (Å²) < 4.78 is 4.69. The molecule has 3 heteroatoms. The number of hydrogen-bond acceptors (Lipinski definition) is 3. The maximum atomic E-state index is 11.3. The van der Waals surface area contributed by atoms with E-state index in [0.717, 1.165) is 5.69 Å². The summed E-state index contributed by atoms with van der Waals surface area (Å²) in [5.74, 6) is 0.196. The van der Waals surface area contributed by atoms with Gasteiger partial charge in [0.2, 0.25) is 0 Å². The Balaban J connectivity index is 2.62. The minimum absolute atomic E-state index is 0.106. The number of hydrogen-bond donors (Lipinski definition) is 1. The molecule has 88 valence electrons. The topological polar surface area (TPSA) is 38.3 Å². The molecule has 1 rings (SSSR count). The van der Waals surface area contributed by atoms with Crippen LogP contribution in [-0.4, -0.2) is 19.1 Å².